The van der Waals surface area contributed by atoms with Crippen LogP contribution in [0.1, 0.15) is 15.9 Å². The number of benzene rings is 2. The van der Waals surface area contributed by atoms with E-state index < -0.39 is 11.7 Å². The average molecular weight is 351 g/mol. The summed E-state index contributed by atoms with van der Waals surface area (Å²) < 4.78 is 18.9. The highest BCUT2D eigenvalue weighted by Gasteiger charge is 2.11. The number of carbonyl (C=O) groups is 1. The average Bonchev–Trinajstić information content (AvgIpc) is 2.68. The van der Waals surface area contributed by atoms with Crippen molar-refractivity contribution < 1.29 is 13.9 Å². The minimum Gasteiger partial charge on any atom is -0.496 e. The van der Waals surface area contributed by atoms with E-state index in [2.05, 4.69) is 15.6 Å². The molecule has 0 saturated carbocycles. The van der Waals surface area contributed by atoms with Crippen LogP contribution >= 0.6 is 0 Å². The fourth-order valence-corrected chi connectivity index (χ4v) is 2.45. The van der Waals surface area contributed by atoms with Gasteiger partial charge >= 0.3 is 0 Å². The second-order valence-electron chi connectivity index (χ2n) is 5.53. The Balaban J connectivity index is 1.62. The first-order chi connectivity index (χ1) is 12.7. The molecule has 3 aromatic rings. The Hall–Kier alpha value is -3.41. The van der Waals surface area contributed by atoms with Crippen molar-refractivity contribution in [2.24, 2.45) is 0 Å². The number of ether oxygens (including phenoxy) is 1. The van der Waals surface area contributed by atoms with Crippen LogP contribution in [-0.4, -0.2) is 18.0 Å². The largest absolute Gasteiger partial charge is 0.496 e. The van der Waals surface area contributed by atoms with E-state index >= 15 is 0 Å². The molecule has 0 radical (unpaired) electrons. The highest BCUT2D eigenvalue weighted by molar-refractivity contribution is 6.03. The van der Waals surface area contributed by atoms with Crippen molar-refractivity contribution in [2.75, 3.05) is 17.7 Å². The number of amides is 1. The number of halogens is 1. The van der Waals surface area contributed by atoms with Crippen molar-refractivity contribution >= 4 is 17.4 Å². The van der Waals surface area contributed by atoms with Gasteiger partial charge in [0.2, 0.25) is 0 Å². The Kier molecular flexibility index (Phi) is 5.43. The Bertz CT molecular complexity index is 898. The lowest BCUT2D eigenvalue weighted by molar-refractivity contribution is 0.102. The number of nitrogens with zero attached hydrogens (tertiary/aromatic N) is 1. The molecule has 2 N–H and O–H groups in total. The van der Waals surface area contributed by atoms with E-state index in [1.54, 1.807) is 31.5 Å². The fourth-order valence-electron chi connectivity index (χ4n) is 2.45. The molecule has 0 aliphatic heterocycles. The van der Waals surface area contributed by atoms with E-state index in [1.165, 1.54) is 18.2 Å². The highest BCUT2D eigenvalue weighted by atomic mass is 19.1. The number of methoxy groups -OCH3 is 1. The van der Waals surface area contributed by atoms with Crippen molar-refractivity contribution in [1.29, 1.82) is 0 Å². The van der Waals surface area contributed by atoms with E-state index in [4.69, 9.17) is 4.74 Å². The highest BCUT2D eigenvalue weighted by Crippen LogP contribution is 2.19. The summed E-state index contributed by atoms with van der Waals surface area (Å²) in [6.45, 7) is 0.576. The summed E-state index contributed by atoms with van der Waals surface area (Å²) in [5.41, 5.74) is 1.79. The summed E-state index contributed by atoms with van der Waals surface area (Å²) in [7, 11) is 1.63. The molecule has 132 valence electrons. The van der Waals surface area contributed by atoms with Gasteiger partial charge in [0.25, 0.3) is 5.91 Å². The van der Waals surface area contributed by atoms with Gasteiger partial charge in [-0.1, -0.05) is 30.3 Å². The van der Waals surface area contributed by atoms with Crippen molar-refractivity contribution in [3.8, 4) is 5.75 Å². The van der Waals surface area contributed by atoms with E-state index in [1.807, 2.05) is 24.3 Å². The van der Waals surface area contributed by atoms with Crippen molar-refractivity contribution in [3.05, 3.63) is 83.8 Å². The van der Waals surface area contributed by atoms with Crippen LogP contribution in [0.25, 0.3) is 0 Å². The minimum atomic E-state index is -0.569. The van der Waals surface area contributed by atoms with Crippen LogP contribution in [0.4, 0.5) is 15.9 Å². The Morgan fingerprint density at radius 2 is 1.85 bits per heavy atom. The lowest BCUT2D eigenvalue weighted by atomic mass is 10.2. The van der Waals surface area contributed by atoms with Gasteiger partial charge in [0.1, 0.15) is 17.4 Å². The van der Waals surface area contributed by atoms with Crippen molar-refractivity contribution in [2.45, 2.75) is 6.54 Å². The van der Waals surface area contributed by atoms with Crippen LogP contribution in [-0.2, 0) is 6.54 Å². The monoisotopic (exact) mass is 351 g/mol. The van der Waals surface area contributed by atoms with E-state index in [0.29, 0.717) is 12.4 Å². The smallest absolute Gasteiger partial charge is 0.259 e. The summed E-state index contributed by atoms with van der Waals surface area (Å²) in [6.07, 6.45) is 1.60. The van der Waals surface area contributed by atoms with E-state index in [0.717, 1.165) is 17.0 Å². The number of para-hydroxylation sites is 1. The minimum absolute atomic E-state index is 0.0207. The molecule has 1 aromatic heterocycles. The summed E-state index contributed by atoms with van der Waals surface area (Å²) in [5, 5.41) is 5.82. The van der Waals surface area contributed by atoms with Gasteiger partial charge < -0.3 is 15.4 Å². The second-order valence-corrected chi connectivity index (χ2v) is 5.53. The van der Waals surface area contributed by atoms with Gasteiger partial charge in [-0.05, 0) is 30.3 Å². The molecule has 2 aromatic carbocycles. The molecule has 0 unspecified atom stereocenters. The molecule has 0 atom stereocenters. The number of aromatic nitrogens is 1. The van der Waals surface area contributed by atoms with Crippen LogP contribution in [0, 0.1) is 5.82 Å². The molecule has 0 saturated heterocycles. The second kappa shape index (κ2) is 8.11. The molecule has 0 spiro atoms. The lowest BCUT2D eigenvalue weighted by Gasteiger charge is -2.11. The molecule has 0 aliphatic rings. The third-order valence-electron chi connectivity index (χ3n) is 3.80. The van der Waals surface area contributed by atoms with Gasteiger partial charge in [0.15, 0.2) is 0 Å². The third-order valence-corrected chi connectivity index (χ3v) is 3.80. The fraction of sp³-hybridized carbons (Fsp3) is 0.100. The summed E-state index contributed by atoms with van der Waals surface area (Å²) in [4.78, 5) is 16.3. The summed E-state index contributed by atoms with van der Waals surface area (Å²) >= 11 is 0. The van der Waals surface area contributed by atoms with Crippen molar-refractivity contribution in [3.63, 3.8) is 0 Å². The number of pyridine rings is 1. The normalized spacial score (nSPS) is 10.2. The first-order valence-corrected chi connectivity index (χ1v) is 8.05. The lowest BCUT2D eigenvalue weighted by Crippen LogP contribution is -2.14. The van der Waals surface area contributed by atoms with Crippen LogP contribution < -0.4 is 15.4 Å². The van der Waals surface area contributed by atoms with Crippen LogP contribution in [0.2, 0.25) is 0 Å². The molecule has 1 heterocycles. The predicted molar refractivity (Wildman–Crippen MR) is 98.9 cm³/mol. The molecule has 26 heavy (non-hydrogen) atoms. The first kappa shape index (κ1) is 17.4. The van der Waals surface area contributed by atoms with Crippen LogP contribution in [0.3, 0.4) is 0 Å². The molecule has 0 fully saturated rings. The quantitative estimate of drug-likeness (QED) is 0.702. The number of hydrogen-bond acceptors (Lipinski definition) is 4. The molecule has 1 amide bonds. The zero-order chi connectivity index (χ0) is 18.4. The molecule has 5 nitrogen and oxygen atoms in total. The van der Waals surface area contributed by atoms with Gasteiger partial charge in [-0.3, -0.25) is 4.79 Å². The maximum Gasteiger partial charge on any atom is 0.259 e. The predicted octanol–water partition coefficient (Wildman–Crippen LogP) is 4.09. The van der Waals surface area contributed by atoms with Gasteiger partial charge in [0, 0.05) is 12.1 Å². The Labute approximate surface area is 150 Å². The molecule has 6 heteroatoms. The van der Waals surface area contributed by atoms with Crippen LogP contribution in [0.15, 0.2) is 66.9 Å². The van der Waals surface area contributed by atoms with Crippen molar-refractivity contribution in [1.82, 2.24) is 4.98 Å². The summed E-state index contributed by atoms with van der Waals surface area (Å²) in [6, 6.07) is 17.0. The number of hydrogen-bond donors (Lipinski definition) is 2. The van der Waals surface area contributed by atoms with Gasteiger partial charge in [-0.2, -0.15) is 0 Å². The van der Waals surface area contributed by atoms with E-state index in [-0.39, 0.29) is 5.56 Å². The Morgan fingerprint density at radius 3 is 2.58 bits per heavy atom. The first-order valence-electron chi connectivity index (χ1n) is 8.05. The zero-order valence-electron chi connectivity index (χ0n) is 14.2. The van der Waals surface area contributed by atoms with Crippen LogP contribution in [0.5, 0.6) is 5.75 Å². The third kappa shape index (κ3) is 4.16. The molecule has 0 bridgehead atoms. The maximum absolute atomic E-state index is 13.6. The van der Waals surface area contributed by atoms with Gasteiger partial charge in [-0.15, -0.1) is 0 Å². The standard InChI is InChI=1S/C20H18FN3O2/c1-26-18-9-5-2-6-14(18)12-22-15-10-11-19(23-13-15)24-20(25)16-7-3-4-8-17(16)21/h2-11,13,22H,12H2,1H3,(H,23,24,25). The zero-order valence-corrected chi connectivity index (χ0v) is 14.2. The SMILES string of the molecule is COc1ccccc1CNc1ccc(NC(=O)c2ccccc2F)nc1. The Morgan fingerprint density at radius 1 is 1.08 bits per heavy atom. The number of anilines is 2. The molecule has 3 rings (SSSR count). The maximum atomic E-state index is 13.6. The van der Waals surface area contributed by atoms with Gasteiger partial charge in [0.05, 0.1) is 24.6 Å². The molecular formula is C20H18FN3O2. The molecular weight excluding hydrogens is 333 g/mol. The van der Waals surface area contributed by atoms with E-state index in [9.17, 15) is 9.18 Å². The number of carbonyl (C=O) groups excluding carboxylic acids is 1. The number of rotatable bonds is 6. The van der Waals surface area contributed by atoms with Gasteiger partial charge in [-0.25, -0.2) is 9.37 Å². The summed E-state index contributed by atoms with van der Waals surface area (Å²) in [5.74, 6) is 0.0493. The number of nitrogens with one attached hydrogen (secondary N) is 2. The topological polar surface area (TPSA) is 63.2 Å². The molecule has 0 aliphatic carbocycles.